The third-order valence-corrected chi connectivity index (χ3v) is 6.74. The molecule has 5 rings (SSSR count). The second-order valence-corrected chi connectivity index (χ2v) is 9.54. The topological polar surface area (TPSA) is 83.7 Å². The number of fused-ring (bicyclic) bond motifs is 2. The predicted molar refractivity (Wildman–Crippen MR) is 139 cm³/mol. The minimum Gasteiger partial charge on any atom is -0.339 e. The van der Waals surface area contributed by atoms with Crippen LogP contribution in [0.15, 0.2) is 81.7 Å². The molecule has 176 valence electrons. The molecule has 0 atom stereocenters. The highest BCUT2D eigenvalue weighted by molar-refractivity contribution is 7.99. The smallest absolute Gasteiger partial charge is 0.288 e. The van der Waals surface area contributed by atoms with E-state index in [4.69, 9.17) is 0 Å². The molecular formula is C24H18F2N6OS2. The number of para-hydroxylation sites is 1. The number of thiazole rings is 1. The molecule has 3 heterocycles. The van der Waals surface area contributed by atoms with E-state index in [1.54, 1.807) is 36.5 Å². The number of aryl methyl sites for hydroxylation is 1. The van der Waals surface area contributed by atoms with Gasteiger partial charge in [-0.15, -0.1) is 0 Å². The number of benzene rings is 2. The number of pyridine rings is 1. The fourth-order valence-corrected chi connectivity index (χ4v) is 4.77. The van der Waals surface area contributed by atoms with Crippen LogP contribution in [0.2, 0.25) is 0 Å². The highest BCUT2D eigenvalue weighted by atomic mass is 32.2. The van der Waals surface area contributed by atoms with Crippen LogP contribution in [-0.4, -0.2) is 26.3 Å². The van der Waals surface area contributed by atoms with Gasteiger partial charge >= 0.3 is 0 Å². The van der Waals surface area contributed by atoms with Crippen molar-refractivity contribution in [1.82, 2.24) is 14.4 Å². The Morgan fingerprint density at radius 3 is 2.66 bits per heavy atom. The molecular weight excluding hydrogens is 490 g/mol. The van der Waals surface area contributed by atoms with Crippen LogP contribution in [0.25, 0.3) is 15.9 Å². The molecule has 0 unspecified atom stereocenters. The van der Waals surface area contributed by atoms with Crippen LogP contribution in [0.1, 0.15) is 11.1 Å². The third-order valence-electron chi connectivity index (χ3n) is 5.07. The molecule has 0 saturated heterocycles. The molecule has 0 fully saturated rings. The average molecular weight is 509 g/mol. The average Bonchev–Trinajstić information content (AvgIpc) is 3.25. The van der Waals surface area contributed by atoms with Crippen molar-refractivity contribution in [1.29, 1.82) is 0 Å². The first-order chi connectivity index (χ1) is 17.0. The van der Waals surface area contributed by atoms with Crippen LogP contribution in [0, 0.1) is 6.92 Å². The molecule has 7 nitrogen and oxygen atoms in total. The van der Waals surface area contributed by atoms with Crippen molar-refractivity contribution in [2.24, 2.45) is 5.10 Å². The zero-order valence-electron chi connectivity index (χ0n) is 18.3. The summed E-state index contributed by atoms with van der Waals surface area (Å²) < 4.78 is 27.7. The summed E-state index contributed by atoms with van der Waals surface area (Å²) in [4.78, 5) is 22.9. The number of hydrogen-bond donors (Lipinski definition) is 2. The molecule has 0 bridgehead atoms. The van der Waals surface area contributed by atoms with Gasteiger partial charge in [0.15, 0.2) is 0 Å². The van der Waals surface area contributed by atoms with E-state index in [0.717, 1.165) is 15.8 Å². The number of aromatic nitrogens is 3. The third kappa shape index (κ3) is 5.00. The minimum atomic E-state index is -2.50. The van der Waals surface area contributed by atoms with Crippen molar-refractivity contribution >= 4 is 61.8 Å². The lowest BCUT2D eigenvalue weighted by Gasteiger charge is -2.12. The molecule has 0 saturated carbocycles. The number of hydrogen-bond acceptors (Lipinski definition) is 8. The first-order valence-corrected chi connectivity index (χ1v) is 12.2. The first kappa shape index (κ1) is 22.9. The van der Waals surface area contributed by atoms with Gasteiger partial charge in [-0.3, -0.25) is 14.6 Å². The van der Waals surface area contributed by atoms with Crippen LogP contribution in [0.5, 0.6) is 0 Å². The summed E-state index contributed by atoms with van der Waals surface area (Å²) in [7, 11) is 0. The summed E-state index contributed by atoms with van der Waals surface area (Å²) in [6.07, 6.45) is 3.05. The van der Waals surface area contributed by atoms with Gasteiger partial charge in [-0.25, -0.2) is 9.97 Å². The van der Waals surface area contributed by atoms with Crippen LogP contribution < -0.4 is 16.3 Å². The Bertz CT molecular complexity index is 1570. The van der Waals surface area contributed by atoms with Gasteiger partial charge in [0.1, 0.15) is 17.0 Å². The Balaban J connectivity index is 1.49. The molecule has 0 aliphatic heterocycles. The number of nitrogens with zero attached hydrogens (tertiary/aromatic N) is 4. The Kier molecular flexibility index (Phi) is 6.43. The van der Waals surface area contributed by atoms with E-state index < -0.39 is 5.76 Å². The normalized spacial score (nSPS) is 11.7. The molecule has 2 aromatic carbocycles. The number of rotatable bonds is 7. The van der Waals surface area contributed by atoms with Crippen molar-refractivity contribution in [2.45, 2.75) is 17.6 Å². The second kappa shape index (κ2) is 9.80. The van der Waals surface area contributed by atoms with E-state index in [1.807, 2.05) is 37.3 Å². The van der Waals surface area contributed by atoms with Crippen LogP contribution in [0.3, 0.4) is 0 Å². The van der Waals surface area contributed by atoms with Gasteiger partial charge in [0.25, 0.3) is 11.3 Å². The maximum Gasteiger partial charge on any atom is 0.288 e. The summed E-state index contributed by atoms with van der Waals surface area (Å²) >= 11 is 1.92. The van der Waals surface area contributed by atoms with Gasteiger partial charge < -0.3 is 5.32 Å². The van der Waals surface area contributed by atoms with Crippen molar-refractivity contribution < 1.29 is 8.78 Å². The van der Waals surface area contributed by atoms with Gasteiger partial charge in [-0.1, -0.05) is 41.3 Å². The maximum absolute atomic E-state index is 13.3. The van der Waals surface area contributed by atoms with Gasteiger partial charge in [-0.2, -0.15) is 13.9 Å². The highest BCUT2D eigenvalue weighted by Gasteiger charge is 2.14. The Morgan fingerprint density at radius 1 is 1.09 bits per heavy atom. The highest BCUT2D eigenvalue weighted by Crippen LogP contribution is 2.28. The molecule has 0 radical (unpaired) electrons. The molecule has 5 aromatic rings. The monoisotopic (exact) mass is 508 g/mol. The number of hydrazone groups is 1. The van der Waals surface area contributed by atoms with Crippen molar-refractivity contribution in [2.75, 3.05) is 10.7 Å². The quantitative estimate of drug-likeness (QED) is 0.157. The number of nitrogens with one attached hydrogen (secondary N) is 2. The number of alkyl halides is 2. The Morgan fingerprint density at radius 2 is 1.89 bits per heavy atom. The molecule has 0 aliphatic carbocycles. The number of halogens is 2. The SMILES string of the molecule is Cc1cccn2c(=O)c(/C=N/Nc3nc4ccccc4s3)c(Nc3ccc(SC(F)F)cc3)nc12. The Hall–Kier alpha value is -3.83. The van der Waals surface area contributed by atoms with Gasteiger partial charge in [-0.05, 0) is 55.0 Å². The molecule has 35 heavy (non-hydrogen) atoms. The second-order valence-electron chi connectivity index (χ2n) is 7.45. The molecule has 0 spiro atoms. The van der Waals surface area contributed by atoms with Crippen LogP contribution >= 0.6 is 23.1 Å². The first-order valence-electron chi connectivity index (χ1n) is 10.5. The summed E-state index contributed by atoms with van der Waals surface area (Å²) in [5.41, 5.74) is 5.59. The number of thioether (sulfide) groups is 1. The lowest BCUT2D eigenvalue weighted by Crippen LogP contribution is -2.22. The van der Waals surface area contributed by atoms with E-state index in [0.29, 0.717) is 38.9 Å². The lowest BCUT2D eigenvalue weighted by atomic mass is 10.2. The fourth-order valence-electron chi connectivity index (χ4n) is 3.45. The van der Waals surface area contributed by atoms with Crippen LogP contribution in [0.4, 0.5) is 25.4 Å². The molecule has 2 N–H and O–H groups in total. The molecule has 11 heteroatoms. The van der Waals surface area contributed by atoms with E-state index in [1.165, 1.54) is 22.0 Å². The zero-order valence-corrected chi connectivity index (χ0v) is 19.9. The van der Waals surface area contributed by atoms with Gasteiger partial charge in [0, 0.05) is 16.8 Å². The molecule has 0 aliphatic rings. The zero-order chi connectivity index (χ0) is 24.4. The van der Waals surface area contributed by atoms with E-state index >= 15 is 0 Å². The molecule has 3 aromatic heterocycles. The summed E-state index contributed by atoms with van der Waals surface area (Å²) in [6.45, 7) is 1.87. The van der Waals surface area contributed by atoms with Crippen LogP contribution in [-0.2, 0) is 0 Å². The van der Waals surface area contributed by atoms with Gasteiger partial charge in [0.05, 0.1) is 16.4 Å². The minimum absolute atomic E-state index is 0.229. The number of anilines is 3. The summed E-state index contributed by atoms with van der Waals surface area (Å²) in [6, 6.07) is 17.9. The van der Waals surface area contributed by atoms with Crippen molar-refractivity contribution in [3.05, 3.63) is 88.3 Å². The summed E-state index contributed by atoms with van der Waals surface area (Å²) in [5.74, 6) is -2.20. The molecule has 0 amide bonds. The van der Waals surface area contributed by atoms with E-state index in [-0.39, 0.29) is 11.1 Å². The van der Waals surface area contributed by atoms with Gasteiger partial charge in [0.2, 0.25) is 5.13 Å². The van der Waals surface area contributed by atoms with Crippen molar-refractivity contribution in [3.8, 4) is 0 Å². The lowest BCUT2D eigenvalue weighted by molar-refractivity contribution is 0.252. The standard InChI is InChI=1S/C24H18F2N6OS2/c1-14-5-4-12-32-21(14)30-20(28-15-8-10-16(11-9-15)34-23(25)26)17(22(32)33)13-27-31-24-29-18-6-2-3-7-19(18)35-24/h2-13,23,28H,1H3,(H,29,31)/b27-13+. The predicted octanol–water partition coefficient (Wildman–Crippen LogP) is 6.12. The fraction of sp³-hybridized carbons (Fsp3) is 0.0833. The van der Waals surface area contributed by atoms with E-state index in [9.17, 15) is 13.6 Å². The largest absolute Gasteiger partial charge is 0.339 e. The Labute approximate surface area is 206 Å². The van der Waals surface area contributed by atoms with Crippen molar-refractivity contribution in [3.63, 3.8) is 0 Å². The van der Waals surface area contributed by atoms with E-state index in [2.05, 4.69) is 25.8 Å². The summed E-state index contributed by atoms with van der Waals surface area (Å²) in [5, 5.41) is 7.96. The maximum atomic E-state index is 13.3.